The minimum Gasteiger partial charge on any atom is -0.507 e. The number of aliphatic hydroxyl groups excluding tert-OH is 1. The van der Waals surface area contributed by atoms with Gasteiger partial charge >= 0.3 is 0 Å². The van der Waals surface area contributed by atoms with E-state index in [1.54, 1.807) is 55.0 Å². The number of ether oxygens (including phenoxy) is 3. The van der Waals surface area contributed by atoms with Crippen molar-refractivity contribution in [2.75, 3.05) is 27.9 Å². The van der Waals surface area contributed by atoms with Gasteiger partial charge in [-0.15, -0.1) is 0 Å². The first kappa shape index (κ1) is 23.9. The molecule has 0 aliphatic carbocycles. The van der Waals surface area contributed by atoms with Crippen molar-refractivity contribution >= 4 is 17.4 Å². The fourth-order valence-electron chi connectivity index (χ4n) is 4.25. The van der Waals surface area contributed by atoms with Gasteiger partial charge in [-0.2, -0.15) is 0 Å². The number of amides is 1. The Morgan fingerprint density at radius 1 is 1.00 bits per heavy atom. The second kappa shape index (κ2) is 10.3. The van der Waals surface area contributed by atoms with Gasteiger partial charge < -0.3 is 28.8 Å². The summed E-state index contributed by atoms with van der Waals surface area (Å²) in [7, 11) is 4.56. The molecule has 1 aromatic heterocycles. The molecular formula is C26H27N3O6. The van der Waals surface area contributed by atoms with Crippen LogP contribution in [0.4, 0.5) is 0 Å². The number of aromatic nitrogens is 2. The van der Waals surface area contributed by atoms with Crippen LogP contribution in [0.2, 0.25) is 0 Å². The normalized spacial score (nSPS) is 17.0. The molecule has 0 bridgehead atoms. The average Bonchev–Trinajstić information content (AvgIpc) is 3.50. The lowest BCUT2D eigenvalue weighted by molar-refractivity contribution is -0.139. The van der Waals surface area contributed by atoms with E-state index in [1.165, 1.54) is 26.2 Å². The van der Waals surface area contributed by atoms with Gasteiger partial charge in [0.25, 0.3) is 11.7 Å². The molecule has 4 rings (SSSR count). The second-order valence-electron chi connectivity index (χ2n) is 7.99. The van der Waals surface area contributed by atoms with Gasteiger partial charge in [0, 0.05) is 31.0 Å². The number of rotatable bonds is 9. The fraction of sp³-hybridized carbons (Fsp3) is 0.269. The number of imidazole rings is 1. The Hall–Kier alpha value is -4.27. The molecule has 9 heteroatoms. The molecule has 1 fully saturated rings. The van der Waals surface area contributed by atoms with Crippen molar-refractivity contribution in [1.82, 2.24) is 14.5 Å². The number of hydrogen-bond acceptors (Lipinski definition) is 7. The van der Waals surface area contributed by atoms with Crippen LogP contribution in [0, 0.1) is 0 Å². The highest BCUT2D eigenvalue weighted by molar-refractivity contribution is 6.46. The number of carbonyl (C=O) groups is 2. The van der Waals surface area contributed by atoms with Crippen LogP contribution in [-0.2, 0) is 16.1 Å². The van der Waals surface area contributed by atoms with Crippen molar-refractivity contribution in [3.8, 4) is 17.2 Å². The number of hydrogen-bond donors (Lipinski definition) is 1. The SMILES string of the molecule is COc1cccc(/C(O)=C2\C(=O)C(=O)N(CCCn3ccnc3)[C@H]2c2ccc(OC)c(OC)c2)c1. The number of likely N-dealkylation sites (tertiary alicyclic amines) is 1. The summed E-state index contributed by atoms with van der Waals surface area (Å²) in [6.45, 7) is 0.925. The zero-order valence-electron chi connectivity index (χ0n) is 19.8. The number of aryl methyl sites for hydroxylation is 1. The Morgan fingerprint density at radius 2 is 1.80 bits per heavy atom. The van der Waals surface area contributed by atoms with Crippen LogP contribution < -0.4 is 14.2 Å². The van der Waals surface area contributed by atoms with E-state index in [0.29, 0.717) is 47.9 Å². The van der Waals surface area contributed by atoms with E-state index in [2.05, 4.69) is 4.98 Å². The van der Waals surface area contributed by atoms with E-state index >= 15 is 0 Å². The maximum atomic E-state index is 13.2. The van der Waals surface area contributed by atoms with Crippen molar-refractivity contribution in [3.05, 3.63) is 77.9 Å². The molecule has 1 saturated heterocycles. The van der Waals surface area contributed by atoms with Crippen molar-refractivity contribution in [3.63, 3.8) is 0 Å². The van der Waals surface area contributed by atoms with Crippen LogP contribution >= 0.6 is 0 Å². The summed E-state index contributed by atoms with van der Waals surface area (Å²) < 4.78 is 17.9. The quantitative estimate of drug-likeness (QED) is 0.286. The maximum absolute atomic E-state index is 13.2. The Balaban J connectivity index is 1.78. The van der Waals surface area contributed by atoms with Crippen molar-refractivity contribution < 1.29 is 28.9 Å². The van der Waals surface area contributed by atoms with Crippen LogP contribution in [0.25, 0.3) is 5.76 Å². The van der Waals surface area contributed by atoms with E-state index in [-0.39, 0.29) is 11.3 Å². The van der Waals surface area contributed by atoms with E-state index in [0.717, 1.165) is 0 Å². The molecular weight excluding hydrogens is 450 g/mol. The molecule has 35 heavy (non-hydrogen) atoms. The predicted molar refractivity (Wildman–Crippen MR) is 128 cm³/mol. The lowest BCUT2D eigenvalue weighted by atomic mass is 9.95. The van der Waals surface area contributed by atoms with Gasteiger partial charge in [-0.25, -0.2) is 4.98 Å². The Bertz CT molecular complexity index is 1250. The monoisotopic (exact) mass is 477 g/mol. The first-order chi connectivity index (χ1) is 17.0. The molecule has 1 atom stereocenters. The summed E-state index contributed by atoms with van der Waals surface area (Å²) in [5, 5.41) is 11.2. The van der Waals surface area contributed by atoms with Crippen molar-refractivity contribution in [2.24, 2.45) is 0 Å². The first-order valence-electron chi connectivity index (χ1n) is 11.1. The van der Waals surface area contributed by atoms with Gasteiger partial charge in [-0.1, -0.05) is 18.2 Å². The zero-order chi connectivity index (χ0) is 24.9. The molecule has 0 unspecified atom stereocenters. The van der Waals surface area contributed by atoms with Gasteiger partial charge in [0.05, 0.1) is 39.3 Å². The molecule has 0 spiro atoms. The number of nitrogens with zero attached hydrogens (tertiary/aromatic N) is 3. The van der Waals surface area contributed by atoms with Crippen molar-refractivity contribution in [1.29, 1.82) is 0 Å². The number of benzene rings is 2. The highest BCUT2D eigenvalue weighted by Crippen LogP contribution is 2.42. The second-order valence-corrected chi connectivity index (χ2v) is 7.99. The third kappa shape index (κ3) is 4.70. The summed E-state index contributed by atoms with van der Waals surface area (Å²) in [6.07, 6.45) is 5.81. The van der Waals surface area contributed by atoms with E-state index in [9.17, 15) is 14.7 Å². The summed E-state index contributed by atoms with van der Waals surface area (Å²) in [5.41, 5.74) is 1.01. The Labute approximate surface area is 203 Å². The number of methoxy groups -OCH3 is 3. The molecule has 182 valence electrons. The van der Waals surface area contributed by atoms with E-state index in [1.807, 2.05) is 10.8 Å². The molecule has 2 heterocycles. The minimum absolute atomic E-state index is 0.0121. The van der Waals surface area contributed by atoms with E-state index in [4.69, 9.17) is 14.2 Å². The number of Topliss-reactive ketones (excluding diaryl/α,β-unsaturated/α-hetero) is 1. The van der Waals surface area contributed by atoms with Gasteiger partial charge in [0.2, 0.25) is 0 Å². The number of carbonyl (C=O) groups excluding carboxylic acids is 2. The lowest BCUT2D eigenvalue weighted by Gasteiger charge is -2.26. The smallest absolute Gasteiger partial charge is 0.295 e. The third-order valence-electron chi connectivity index (χ3n) is 5.98. The fourth-order valence-corrected chi connectivity index (χ4v) is 4.25. The molecule has 1 aliphatic heterocycles. The Morgan fingerprint density at radius 3 is 2.49 bits per heavy atom. The molecule has 1 aliphatic rings. The molecule has 9 nitrogen and oxygen atoms in total. The topological polar surface area (TPSA) is 103 Å². The summed E-state index contributed by atoms with van der Waals surface area (Å²) in [5.74, 6) is -0.186. The highest BCUT2D eigenvalue weighted by atomic mass is 16.5. The van der Waals surface area contributed by atoms with Gasteiger partial charge in [0.15, 0.2) is 11.5 Å². The first-order valence-corrected chi connectivity index (χ1v) is 11.1. The standard InChI is InChI=1S/C26H27N3O6/c1-33-19-7-4-6-18(14-19)24(30)22-23(17-8-9-20(34-2)21(15-17)35-3)29(26(32)25(22)31)12-5-11-28-13-10-27-16-28/h4,6-10,13-16,23,30H,5,11-12H2,1-3H3/b24-22+/t23-/m0/s1. The molecule has 0 radical (unpaired) electrons. The summed E-state index contributed by atoms with van der Waals surface area (Å²) >= 11 is 0. The highest BCUT2D eigenvalue weighted by Gasteiger charge is 2.46. The van der Waals surface area contributed by atoms with Crippen LogP contribution in [0.5, 0.6) is 17.2 Å². The van der Waals surface area contributed by atoms with E-state index < -0.39 is 17.7 Å². The minimum atomic E-state index is -0.802. The van der Waals surface area contributed by atoms with Gasteiger partial charge in [-0.3, -0.25) is 9.59 Å². The van der Waals surface area contributed by atoms with Crippen LogP contribution in [-0.4, -0.2) is 59.1 Å². The van der Waals surface area contributed by atoms with Crippen molar-refractivity contribution in [2.45, 2.75) is 19.0 Å². The van der Waals surface area contributed by atoms with Gasteiger partial charge in [0.1, 0.15) is 11.5 Å². The average molecular weight is 478 g/mol. The third-order valence-corrected chi connectivity index (χ3v) is 5.98. The van der Waals surface area contributed by atoms with Crippen LogP contribution in [0.15, 0.2) is 66.8 Å². The van der Waals surface area contributed by atoms with Gasteiger partial charge in [-0.05, 0) is 36.2 Å². The summed E-state index contributed by atoms with van der Waals surface area (Å²) in [6, 6.07) is 11.1. The van der Waals surface area contributed by atoms with Crippen LogP contribution in [0.1, 0.15) is 23.6 Å². The molecule has 3 aromatic rings. The predicted octanol–water partition coefficient (Wildman–Crippen LogP) is 3.42. The molecule has 0 saturated carbocycles. The molecule has 1 N–H and O–H groups in total. The Kier molecular flexibility index (Phi) is 7.05. The zero-order valence-corrected chi connectivity index (χ0v) is 19.8. The molecule has 2 aromatic carbocycles. The number of ketones is 1. The number of aliphatic hydroxyl groups is 1. The largest absolute Gasteiger partial charge is 0.507 e. The summed E-state index contributed by atoms with van der Waals surface area (Å²) in [4.78, 5) is 31.9. The molecule has 1 amide bonds. The maximum Gasteiger partial charge on any atom is 0.295 e. The van der Waals surface area contributed by atoms with Crippen LogP contribution in [0.3, 0.4) is 0 Å². The lowest BCUT2D eigenvalue weighted by Crippen LogP contribution is -2.31.